The van der Waals surface area contributed by atoms with E-state index in [1.165, 1.54) is 21.5 Å². The Labute approximate surface area is 517 Å². The maximum Gasteiger partial charge on any atom is 0.496 e. The first kappa shape index (κ1) is 60.3. The quantitative estimate of drug-likeness (QED) is 0.123. The molecule has 0 amide bonds. The first-order valence-corrected chi connectivity index (χ1v) is 30.3. The van der Waals surface area contributed by atoms with Crippen LogP contribution < -0.4 is 15.3 Å². The van der Waals surface area contributed by atoms with Gasteiger partial charge in [0.25, 0.3) is 0 Å². The Bertz CT molecular complexity index is 3860. The summed E-state index contributed by atoms with van der Waals surface area (Å²) in [7, 11) is -1.36. The first-order valence-electron chi connectivity index (χ1n) is 29.5. The molecule has 3 aliphatic rings. The summed E-state index contributed by atoms with van der Waals surface area (Å²) in [4.78, 5) is 13.9. The summed E-state index contributed by atoms with van der Waals surface area (Å²) in [5.74, 6) is 0. The first-order chi connectivity index (χ1) is 41.0. The molecule has 14 heteroatoms. The van der Waals surface area contributed by atoms with Gasteiger partial charge in [0.2, 0.25) is 0 Å². The molecule has 434 valence electrons. The summed E-state index contributed by atoms with van der Waals surface area (Å²) in [5, 5.41) is 4.88. The molecule has 0 radical (unpaired) electrons. The minimum atomic E-state index is -0.476. The SMILES string of the molecule is Brc1ccc(-c2ccc(N(c3ccccc3)c3cccc4ccccc34)cc2)nc1.CC1(C)OB(B2OC(C)(C)C(C)(C)O2)OC1(C)C.CC1(C)OB(c2ccc(-c3ccc(N(c4ccccc4)c4cccc5ccccc45)cc3)nc2)OC1(C)C. The van der Waals surface area contributed by atoms with Crippen molar-refractivity contribution in [3.8, 4) is 22.5 Å². The third-order valence-corrected chi connectivity index (χ3v) is 18.2. The van der Waals surface area contributed by atoms with Crippen LogP contribution in [0.5, 0.6) is 0 Å². The molecule has 0 bridgehead atoms. The zero-order chi connectivity index (χ0) is 60.7. The number of halogens is 1. The third kappa shape index (κ3) is 12.4. The molecule has 13 rings (SSSR count). The fourth-order valence-electron chi connectivity index (χ4n) is 10.6. The van der Waals surface area contributed by atoms with Gasteiger partial charge in [-0.1, -0.05) is 140 Å². The molecular weight excluding hydrogens is 1130 g/mol. The number of para-hydroxylation sites is 2. The molecule has 10 nitrogen and oxygen atoms in total. The number of pyridine rings is 2. The normalized spacial score (nSPS) is 17.6. The minimum absolute atomic E-state index is 0.360. The van der Waals surface area contributed by atoms with Gasteiger partial charge in [-0.2, -0.15) is 0 Å². The number of rotatable bonds is 10. The number of hydrogen-bond donors (Lipinski definition) is 0. The average molecular weight is 1200 g/mol. The summed E-state index contributed by atoms with van der Waals surface area (Å²) in [6, 6.07) is 76.2. The van der Waals surface area contributed by atoms with Gasteiger partial charge >= 0.3 is 21.1 Å². The lowest BCUT2D eigenvalue weighted by atomic mass is 9.49. The number of hydrogen-bond acceptors (Lipinski definition) is 10. The van der Waals surface area contributed by atoms with E-state index >= 15 is 0 Å². The molecule has 8 aromatic carbocycles. The second-order valence-corrected chi connectivity index (χ2v) is 26.0. The van der Waals surface area contributed by atoms with Crippen molar-refractivity contribution in [2.45, 2.75) is 117 Å². The summed E-state index contributed by atoms with van der Waals surface area (Å²) < 4.78 is 37.2. The summed E-state index contributed by atoms with van der Waals surface area (Å²) in [6.07, 6.45) is 3.69. The third-order valence-electron chi connectivity index (χ3n) is 17.7. The predicted molar refractivity (Wildman–Crippen MR) is 359 cm³/mol. The Morgan fingerprint density at radius 1 is 0.326 bits per heavy atom. The number of nitrogens with zero attached hydrogens (tertiary/aromatic N) is 4. The van der Waals surface area contributed by atoms with Gasteiger partial charge < -0.3 is 37.7 Å². The molecule has 0 N–H and O–H groups in total. The van der Waals surface area contributed by atoms with Crippen LogP contribution in [0.15, 0.2) is 235 Å². The molecule has 0 spiro atoms. The fraction of sp³-hybridized carbons (Fsp3) is 0.250. The van der Waals surface area contributed by atoms with Crippen molar-refractivity contribution < 1.29 is 27.9 Å². The Kier molecular flexibility index (Phi) is 16.9. The van der Waals surface area contributed by atoms with Crippen molar-refractivity contribution in [1.82, 2.24) is 9.97 Å². The van der Waals surface area contributed by atoms with Crippen LogP contribution in [0.2, 0.25) is 0 Å². The summed E-state index contributed by atoms with van der Waals surface area (Å²) >= 11 is 3.45. The fourth-order valence-corrected chi connectivity index (χ4v) is 10.9. The molecule has 3 saturated heterocycles. The lowest BCUT2D eigenvalue weighted by Crippen LogP contribution is -2.41. The Hall–Kier alpha value is -7.39. The summed E-state index contributed by atoms with van der Waals surface area (Å²) in [5.41, 5.74) is 9.50. The van der Waals surface area contributed by atoms with E-state index in [1.807, 2.05) is 104 Å². The van der Waals surface area contributed by atoms with E-state index in [0.29, 0.717) is 0 Å². The molecule has 3 aliphatic heterocycles. The van der Waals surface area contributed by atoms with Crippen LogP contribution in [0.3, 0.4) is 0 Å². The van der Waals surface area contributed by atoms with E-state index in [0.717, 1.165) is 66.6 Å². The van der Waals surface area contributed by atoms with Gasteiger partial charge in [0.15, 0.2) is 0 Å². The molecule has 0 saturated carbocycles. The highest BCUT2D eigenvalue weighted by molar-refractivity contribution is 9.10. The Balaban J connectivity index is 0.000000143. The van der Waals surface area contributed by atoms with Gasteiger partial charge in [0, 0.05) is 67.0 Å². The van der Waals surface area contributed by atoms with Gasteiger partial charge in [-0.25, -0.2) is 0 Å². The molecule has 0 aliphatic carbocycles. The molecular formula is C72H74B3BrN4O6. The van der Waals surface area contributed by atoms with E-state index in [2.05, 4.69) is 240 Å². The Morgan fingerprint density at radius 2 is 0.663 bits per heavy atom. The highest BCUT2D eigenvalue weighted by atomic mass is 79.9. The van der Waals surface area contributed by atoms with Crippen LogP contribution in [0.25, 0.3) is 44.1 Å². The van der Waals surface area contributed by atoms with Gasteiger partial charge in [0.05, 0.1) is 56.4 Å². The topological polar surface area (TPSA) is 87.6 Å². The van der Waals surface area contributed by atoms with Gasteiger partial charge in [-0.3, -0.25) is 9.97 Å². The standard InChI is InChI=1S/C33H31BN2O2.C27H19BrN2.C12H24B2O4/c1-32(2)33(3,4)38-34(37-32)26-19-22-30(35-23-26)25-17-20-28(21-18-25)36(27-13-6-5-7-14-27)31-16-10-12-24-11-8-9-15-29(24)31;28-22-15-18-26(29-19-22)21-13-16-24(17-14-21)30(23-9-2-1-3-10-23)27-12-6-8-20-7-4-5-11-25(20)27;1-9(2)10(3,4)16-13(15-9)14-17-11(5,6)12(7,8)18-14/h5-23H,1-4H3;1-19H;1-8H3. The maximum atomic E-state index is 6.18. The van der Waals surface area contributed by atoms with Crippen LogP contribution in [0.4, 0.5) is 34.1 Å². The van der Waals surface area contributed by atoms with Crippen molar-refractivity contribution in [3.63, 3.8) is 0 Å². The lowest BCUT2D eigenvalue weighted by Gasteiger charge is -2.32. The monoisotopic (exact) mass is 1200 g/mol. The second-order valence-electron chi connectivity index (χ2n) is 25.1. The van der Waals surface area contributed by atoms with Crippen molar-refractivity contribution in [2.75, 3.05) is 9.80 Å². The van der Waals surface area contributed by atoms with E-state index in [9.17, 15) is 0 Å². The largest absolute Gasteiger partial charge is 0.496 e. The van der Waals surface area contributed by atoms with Crippen molar-refractivity contribution in [2.24, 2.45) is 0 Å². The van der Waals surface area contributed by atoms with Crippen LogP contribution in [0.1, 0.15) is 83.1 Å². The smallest absolute Gasteiger partial charge is 0.405 e. The lowest BCUT2D eigenvalue weighted by molar-refractivity contribution is 0.00578. The number of aromatic nitrogens is 2. The number of benzene rings is 8. The molecule has 0 unspecified atom stereocenters. The molecule has 86 heavy (non-hydrogen) atoms. The minimum Gasteiger partial charge on any atom is -0.405 e. The summed E-state index contributed by atoms with van der Waals surface area (Å²) in [6.45, 7) is 24.5. The Morgan fingerprint density at radius 3 is 1.03 bits per heavy atom. The van der Waals surface area contributed by atoms with Gasteiger partial charge in [0.1, 0.15) is 0 Å². The molecule has 5 heterocycles. The molecule has 0 atom stereocenters. The van der Waals surface area contributed by atoms with Crippen LogP contribution in [-0.4, -0.2) is 64.7 Å². The van der Waals surface area contributed by atoms with E-state index in [4.69, 9.17) is 32.9 Å². The average Bonchev–Trinajstić information content (AvgIpc) is 1.93. The van der Waals surface area contributed by atoms with Crippen molar-refractivity contribution in [1.29, 1.82) is 0 Å². The zero-order valence-corrected chi connectivity index (χ0v) is 52.9. The van der Waals surface area contributed by atoms with E-state index < -0.39 is 21.1 Å². The van der Waals surface area contributed by atoms with Crippen molar-refractivity contribution in [3.05, 3.63) is 235 Å². The second kappa shape index (κ2) is 24.1. The van der Waals surface area contributed by atoms with Gasteiger partial charge in [-0.05, 0) is 189 Å². The maximum absolute atomic E-state index is 6.18. The predicted octanol–water partition coefficient (Wildman–Crippen LogP) is 18.1. The highest BCUT2D eigenvalue weighted by Crippen LogP contribution is 2.45. The number of fused-ring (bicyclic) bond motifs is 2. The van der Waals surface area contributed by atoms with Crippen molar-refractivity contribution >= 4 is 98.2 Å². The highest BCUT2D eigenvalue weighted by Gasteiger charge is 2.64. The molecule has 2 aromatic heterocycles. The molecule has 10 aromatic rings. The van der Waals surface area contributed by atoms with Crippen LogP contribution in [-0.2, 0) is 27.9 Å². The molecule has 3 fully saturated rings. The van der Waals surface area contributed by atoms with E-state index in [-0.39, 0.29) is 33.6 Å². The van der Waals surface area contributed by atoms with Crippen LogP contribution >= 0.6 is 15.9 Å². The zero-order valence-electron chi connectivity index (χ0n) is 51.3. The van der Waals surface area contributed by atoms with E-state index in [1.54, 1.807) is 0 Å². The number of anilines is 6. The van der Waals surface area contributed by atoms with Crippen LogP contribution in [0, 0.1) is 0 Å². The van der Waals surface area contributed by atoms with Gasteiger partial charge in [-0.15, -0.1) is 0 Å².